The zero-order valence-electron chi connectivity index (χ0n) is 18.4. The maximum absolute atomic E-state index is 13.4. The molecule has 1 unspecified atom stereocenters. The second kappa shape index (κ2) is 8.71. The van der Waals surface area contributed by atoms with Crippen molar-refractivity contribution in [1.29, 1.82) is 0 Å². The summed E-state index contributed by atoms with van der Waals surface area (Å²) in [6, 6.07) is 7.85. The number of piperazine rings is 1. The molecule has 0 aromatic heterocycles. The fourth-order valence-electron chi connectivity index (χ4n) is 5.55. The number of benzene rings is 1. The van der Waals surface area contributed by atoms with E-state index in [1.54, 1.807) is 5.57 Å². The highest BCUT2D eigenvalue weighted by molar-refractivity contribution is 5.84. The van der Waals surface area contributed by atoms with E-state index in [9.17, 15) is 4.79 Å². The zero-order valence-corrected chi connectivity index (χ0v) is 18.4. The summed E-state index contributed by atoms with van der Waals surface area (Å²) in [6.07, 6.45) is 11.0. The highest BCUT2D eigenvalue weighted by Crippen LogP contribution is 2.42. The molecule has 3 aliphatic rings. The lowest BCUT2D eigenvalue weighted by molar-refractivity contribution is -0.132. The Kier molecular flexibility index (Phi) is 6.03. The molecule has 3 atom stereocenters. The molecular formula is C26H35N3O. The molecule has 0 saturated carbocycles. The van der Waals surface area contributed by atoms with E-state index in [1.807, 2.05) is 12.1 Å². The second-order valence-electron chi connectivity index (χ2n) is 9.11. The Morgan fingerprint density at radius 2 is 1.93 bits per heavy atom. The Morgan fingerprint density at radius 1 is 1.20 bits per heavy atom. The normalized spacial score (nSPS) is 26.4. The van der Waals surface area contributed by atoms with E-state index in [4.69, 9.17) is 5.73 Å². The van der Waals surface area contributed by atoms with Gasteiger partial charge in [0, 0.05) is 17.9 Å². The van der Waals surface area contributed by atoms with Gasteiger partial charge in [-0.05, 0) is 60.8 Å². The van der Waals surface area contributed by atoms with Crippen molar-refractivity contribution in [3.05, 3.63) is 65.4 Å². The Morgan fingerprint density at radius 3 is 2.60 bits per heavy atom. The molecular weight excluding hydrogens is 370 g/mol. The minimum absolute atomic E-state index is 0.0101. The predicted octanol–water partition coefficient (Wildman–Crippen LogP) is 4.94. The van der Waals surface area contributed by atoms with Crippen molar-refractivity contribution in [3.63, 3.8) is 0 Å². The lowest BCUT2D eigenvalue weighted by Gasteiger charge is -2.47. The summed E-state index contributed by atoms with van der Waals surface area (Å²) >= 11 is 0. The van der Waals surface area contributed by atoms with Crippen LogP contribution in [-0.2, 0) is 11.3 Å². The molecule has 0 bridgehead atoms. The van der Waals surface area contributed by atoms with Crippen LogP contribution >= 0.6 is 0 Å². The maximum Gasteiger partial charge on any atom is 0.243 e. The van der Waals surface area contributed by atoms with Gasteiger partial charge >= 0.3 is 0 Å². The second-order valence-corrected chi connectivity index (χ2v) is 9.11. The molecule has 160 valence electrons. The highest BCUT2D eigenvalue weighted by atomic mass is 16.2. The summed E-state index contributed by atoms with van der Waals surface area (Å²) in [4.78, 5) is 15.7. The van der Waals surface area contributed by atoms with Gasteiger partial charge < -0.3 is 16.0 Å². The minimum atomic E-state index is -0.162. The lowest BCUT2D eigenvalue weighted by Crippen LogP contribution is -2.61. The van der Waals surface area contributed by atoms with Gasteiger partial charge in [0.15, 0.2) is 0 Å². The third-order valence-corrected chi connectivity index (χ3v) is 7.31. The SMILES string of the molecule is C=C1[C@@H](C2CC3=C(CCC=C3)C2)NC(=O)[C@@H](C(CC)CC)N1Cc1ccc(N)cc1. The number of nitrogen functional groups attached to an aromatic ring is 1. The first kappa shape index (κ1) is 20.8. The summed E-state index contributed by atoms with van der Waals surface area (Å²) in [5.41, 5.74) is 11.9. The first-order valence-electron chi connectivity index (χ1n) is 11.5. The van der Waals surface area contributed by atoms with Crippen LogP contribution in [0.5, 0.6) is 0 Å². The van der Waals surface area contributed by atoms with Gasteiger partial charge in [-0.1, -0.05) is 63.1 Å². The Balaban J connectivity index is 1.59. The molecule has 1 fully saturated rings. The molecule has 4 rings (SSSR count). The van der Waals surface area contributed by atoms with Crippen LogP contribution < -0.4 is 11.1 Å². The molecule has 2 aliphatic carbocycles. The summed E-state index contributed by atoms with van der Waals surface area (Å²) in [5.74, 6) is 0.886. The van der Waals surface area contributed by atoms with Crippen molar-refractivity contribution in [1.82, 2.24) is 10.2 Å². The van der Waals surface area contributed by atoms with E-state index in [-0.39, 0.29) is 18.0 Å². The van der Waals surface area contributed by atoms with Gasteiger partial charge in [0.05, 0.1) is 6.04 Å². The maximum atomic E-state index is 13.4. The molecule has 4 nitrogen and oxygen atoms in total. The van der Waals surface area contributed by atoms with E-state index < -0.39 is 0 Å². The van der Waals surface area contributed by atoms with E-state index >= 15 is 0 Å². The van der Waals surface area contributed by atoms with Crippen molar-refractivity contribution in [3.8, 4) is 0 Å². The molecule has 1 amide bonds. The molecule has 30 heavy (non-hydrogen) atoms. The van der Waals surface area contributed by atoms with Gasteiger partial charge in [0.25, 0.3) is 0 Å². The Hall–Kier alpha value is -2.49. The van der Waals surface area contributed by atoms with Crippen LogP contribution in [0.3, 0.4) is 0 Å². The number of hydrogen-bond donors (Lipinski definition) is 2. The number of anilines is 1. The smallest absolute Gasteiger partial charge is 0.243 e. The molecule has 0 spiro atoms. The van der Waals surface area contributed by atoms with E-state index in [0.717, 1.165) is 43.5 Å². The van der Waals surface area contributed by atoms with Crippen LogP contribution in [0, 0.1) is 11.8 Å². The van der Waals surface area contributed by atoms with Crippen molar-refractivity contribution < 1.29 is 4.79 Å². The average molecular weight is 406 g/mol. The molecule has 1 heterocycles. The summed E-state index contributed by atoms with van der Waals surface area (Å²) in [6.45, 7) is 9.60. The van der Waals surface area contributed by atoms with Crippen molar-refractivity contribution in [2.75, 3.05) is 5.73 Å². The molecule has 1 aliphatic heterocycles. The number of nitrogens with two attached hydrogens (primary N) is 1. The number of carbonyl (C=O) groups excluding carboxylic acids is 1. The zero-order chi connectivity index (χ0) is 21.3. The van der Waals surface area contributed by atoms with E-state index in [0.29, 0.717) is 18.4 Å². The highest BCUT2D eigenvalue weighted by Gasteiger charge is 2.44. The number of carbonyl (C=O) groups is 1. The van der Waals surface area contributed by atoms with Crippen LogP contribution in [0.2, 0.25) is 0 Å². The summed E-state index contributed by atoms with van der Waals surface area (Å²) in [5, 5.41) is 3.39. The van der Waals surface area contributed by atoms with Crippen LogP contribution in [0.15, 0.2) is 59.8 Å². The number of rotatable bonds is 6. The number of amides is 1. The fraction of sp³-hybridized carbons (Fsp3) is 0.500. The lowest BCUT2D eigenvalue weighted by atomic mass is 9.84. The monoisotopic (exact) mass is 405 g/mol. The van der Waals surface area contributed by atoms with Gasteiger partial charge in [-0.2, -0.15) is 0 Å². The molecule has 1 aromatic rings. The minimum Gasteiger partial charge on any atom is -0.399 e. The van der Waals surface area contributed by atoms with Gasteiger partial charge in [-0.25, -0.2) is 0 Å². The van der Waals surface area contributed by atoms with E-state index in [2.05, 4.69) is 54.9 Å². The van der Waals surface area contributed by atoms with E-state index in [1.165, 1.54) is 17.6 Å². The third kappa shape index (κ3) is 3.92. The summed E-state index contributed by atoms with van der Waals surface area (Å²) in [7, 11) is 0. The van der Waals surface area contributed by atoms with Crippen molar-refractivity contribution in [2.24, 2.45) is 11.8 Å². The predicted molar refractivity (Wildman–Crippen MR) is 123 cm³/mol. The number of allylic oxidation sites excluding steroid dienone is 4. The Bertz CT molecular complexity index is 863. The topological polar surface area (TPSA) is 58.4 Å². The number of nitrogens with zero attached hydrogens (tertiary/aromatic N) is 1. The summed E-state index contributed by atoms with van der Waals surface area (Å²) < 4.78 is 0. The number of hydrogen-bond acceptors (Lipinski definition) is 3. The first-order valence-corrected chi connectivity index (χ1v) is 11.5. The van der Waals surface area contributed by atoms with Gasteiger partial charge in [-0.15, -0.1) is 0 Å². The quantitative estimate of drug-likeness (QED) is 0.659. The average Bonchev–Trinajstić information content (AvgIpc) is 3.18. The van der Waals surface area contributed by atoms with Crippen molar-refractivity contribution >= 4 is 11.6 Å². The molecule has 3 N–H and O–H groups in total. The van der Waals surface area contributed by atoms with Crippen LogP contribution in [0.25, 0.3) is 0 Å². The van der Waals surface area contributed by atoms with Gasteiger partial charge in [0.2, 0.25) is 5.91 Å². The van der Waals surface area contributed by atoms with Gasteiger partial charge in [-0.3, -0.25) is 4.79 Å². The molecule has 4 heteroatoms. The first-order chi connectivity index (χ1) is 14.5. The van der Waals surface area contributed by atoms with Crippen LogP contribution in [0.1, 0.15) is 57.9 Å². The molecule has 0 radical (unpaired) electrons. The largest absolute Gasteiger partial charge is 0.399 e. The molecule has 1 aromatic carbocycles. The Labute approximate surface area is 180 Å². The standard InChI is InChI=1S/C26H35N3O/c1-4-19(5-2)25-26(30)28-24(22-14-20-8-6-7-9-21(20)15-22)17(3)29(25)16-18-10-12-23(27)13-11-18/h6,8,10-13,19,22,24-25H,3-5,7,9,14-16,27H2,1-2H3,(H,28,30)/t22?,24-,25+/m0/s1. The van der Waals surface area contributed by atoms with Crippen molar-refractivity contribution in [2.45, 2.75) is 71.0 Å². The third-order valence-electron chi connectivity index (χ3n) is 7.31. The van der Waals surface area contributed by atoms with Crippen LogP contribution in [-0.4, -0.2) is 22.9 Å². The number of nitrogens with one attached hydrogen (secondary N) is 1. The fourth-order valence-corrected chi connectivity index (χ4v) is 5.55. The van der Waals surface area contributed by atoms with Gasteiger partial charge in [0.1, 0.15) is 6.04 Å². The molecule has 1 saturated heterocycles. The van der Waals surface area contributed by atoms with Crippen LogP contribution in [0.4, 0.5) is 5.69 Å².